The van der Waals surface area contributed by atoms with Crippen molar-refractivity contribution >= 4 is 17.8 Å². The number of nitrogens with zero attached hydrogens (tertiary/aromatic N) is 2. The number of nitrogens with one attached hydrogen (secondary N) is 1. The topological polar surface area (TPSA) is 122 Å². The highest BCUT2D eigenvalue weighted by Crippen LogP contribution is 2.27. The fourth-order valence-electron chi connectivity index (χ4n) is 1.36. The molecule has 0 saturated heterocycles. The molecule has 0 aromatic carbocycles. The normalized spacial score (nSPS) is 12.7. The van der Waals surface area contributed by atoms with Gasteiger partial charge in [-0.3, -0.25) is 14.3 Å². The summed E-state index contributed by atoms with van der Waals surface area (Å²) >= 11 is 0. The molecule has 1 heterocycles. The van der Waals surface area contributed by atoms with E-state index in [-0.39, 0.29) is 0 Å². The van der Waals surface area contributed by atoms with Crippen LogP contribution in [-0.4, -0.2) is 43.9 Å². The van der Waals surface area contributed by atoms with Gasteiger partial charge in [0.15, 0.2) is 5.69 Å². The van der Waals surface area contributed by atoms with Gasteiger partial charge in [0.2, 0.25) is 5.91 Å². The minimum absolute atomic E-state index is 0.652. The molecule has 0 aliphatic rings. The molecule has 1 amide bonds. The molecule has 116 valence electrons. The van der Waals surface area contributed by atoms with Crippen LogP contribution in [0.5, 0.6) is 0 Å². The van der Waals surface area contributed by atoms with E-state index in [9.17, 15) is 27.6 Å². The number of rotatable bonds is 6. The van der Waals surface area contributed by atoms with E-state index in [1.165, 1.54) is 0 Å². The molecular weight excluding hydrogens is 299 g/mol. The maximum atomic E-state index is 12.3. The predicted octanol–water partition coefficient (Wildman–Crippen LogP) is -0.0540. The summed E-state index contributed by atoms with van der Waals surface area (Å²) in [5.41, 5.74) is -1.20. The molecule has 0 bridgehead atoms. The predicted molar refractivity (Wildman–Crippen MR) is 59.0 cm³/mol. The maximum Gasteiger partial charge on any atom is 0.435 e. The van der Waals surface area contributed by atoms with Crippen molar-refractivity contribution in [1.82, 2.24) is 15.1 Å². The lowest BCUT2D eigenvalue weighted by atomic mass is 10.2. The second kappa shape index (κ2) is 6.24. The van der Waals surface area contributed by atoms with E-state index in [1.807, 2.05) is 5.32 Å². The Bertz CT molecular complexity index is 554. The number of amides is 1. The molecule has 0 spiro atoms. The summed E-state index contributed by atoms with van der Waals surface area (Å²) in [6.45, 7) is -0.667. The fraction of sp³-hybridized carbons (Fsp3) is 0.400. The van der Waals surface area contributed by atoms with Crippen LogP contribution in [0.4, 0.5) is 13.2 Å². The minimum atomic E-state index is -4.66. The van der Waals surface area contributed by atoms with Crippen LogP contribution in [0, 0.1) is 0 Å². The van der Waals surface area contributed by atoms with Crippen molar-refractivity contribution in [2.75, 3.05) is 0 Å². The van der Waals surface area contributed by atoms with Crippen molar-refractivity contribution in [3.8, 4) is 0 Å². The molecule has 1 rings (SSSR count). The van der Waals surface area contributed by atoms with E-state index in [4.69, 9.17) is 10.2 Å². The van der Waals surface area contributed by atoms with Gasteiger partial charge in [-0.2, -0.15) is 18.3 Å². The Morgan fingerprint density at radius 2 is 1.95 bits per heavy atom. The van der Waals surface area contributed by atoms with Crippen molar-refractivity contribution < 1.29 is 37.8 Å². The van der Waals surface area contributed by atoms with E-state index in [0.717, 1.165) is 6.20 Å². The first-order chi connectivity index (χ1) is 9.59. The summed E-state index contributed by atoms with van der Waals surface area (Å²) in [6, 6.07) is -1.02. The first-order valence-electron chi connectivity index (χ1n) is 5.44. The van der Waals surface area contributed by atoms with Gasteiger partial charge in [-0.05, 0) is 6.07 Å². The van der Waals surface area contributed by atoms with Crippen molar-refractivity contribution in [1.29, 1.82) is 0 Å². The maximum absolute atomic E-state index is 12.3. The largest absolute Gasteiger partial charge is 0.481 e. The first kappa shape index (κ1) is 16.5. The van der Waals surface area contributed by atoms with E-state index < -0.39 is 48.7 Å². The van der Waals surface area contributed by atoms with Crippen molar-refractivity contribution in [3.05, 3.63) is 18.0 Å². The Morgan fingerprint density at radius 1 is 1.33 bits per heavy atom. The van der Waals surface area contributed by atoms with E-state index in [2.05, 4.69) is 5.10 Å². The lowest BCUT2D eigenvalue weighted by Gasteiger charge is -2.12. The highest BCUT2D eigenvalue weighted by atomic mass is 19.4. The molecule has 0 fully saturated rings. The smallest absolute Gasteiger partial charge is 0.435 e. The zero-order chi connectivity index (χ0) is 16.2. The zero-order valence-electron chi connectivity index (χ0n) is 10.3. The number of carbonyl (C=O) groups excluding carboxylic acids is 1. The third-order valence-corrected chi connectivity index (χ3v) is 2.25. The first-order valence-corrected chi connectivity index (χ1v) is 5.44. The van der Waals surface area contributed by atoms with E-state index in [1.54, 1.807) is 0 Å². The summed E-state index contributed by atoms with van der Waals surface area (Å²) in [5.74, 6) is -3.98. The lowest BCUT2D eigenvalue weighted by molar-refractivity contribution is -0.147. The number of alkyl halides is 3. The molecule has 0 radical (unpaired) electrons. The molecular formula is C10H10F3N3O5. The Morgan fingerprint density at radius 3 is 2.38 bits per heavy atom. The van der Waals surface area contributed by atoms with Crippen molar-refractivity contribution in [2.24, 2.45) is 0 Å². The second-order valence-corrected chi connectivity index (χ2v) is 3.95. The van der Waals surface area contributed by atoms with Crippen LogP contribution in [0.1, 0.15) is 12.1 Å². The Labute approximate surface area is 115 Å². The molecule has 11 heteroatoms. The summed E-state index contributed by atoms with van der Waals surface area (Å²) in [4.78, 5) is 32.6. The fourth-order valence-corrected chi connectivity index (χ4v) is 1.36. The third kappa shape index (κ3) is 5.12. The number of hydrogen-bond donors (Lipinski definition) is 3. The van der Waals surface area contributed by atoms with Gasteiger partial charge in [0, 0.05) is 6.20 Å². The summed E-state index contributed by atoms with van der Waals surface area (Å²) in [7, 11) is 0. The standard InChI is InChI=1S/C10H10F3N3O5/c11-10(12,13)6-1-2-16(15-6)4-7(17)14-5(9(20)21)3-8(18)19/h1-2,5H,3-4H2,(H,14,17)(H,18,19)(H,20,21)/t5-/m1/s1. The molecule has 8 nitrogen and oxygen atoms in total. The molecule has 0 saturated carbocycles. The van der Waals surface area contributed by atoms with Crippen LogP contribution in [0.25, 0.3) is 0 Å². The van der Waals surface area contributed by atoms with Crippen LogP contribution >= 0.6 is 0 Å². The van der Waals surface area contributed by atoms with Crippen molar-refractivity contribution in [3.63, 3.8) is 0 Å². The summed E-state index contributed by atoms with van der Waals surface area (Å²) < 4.78 is 37.5. The van der Waals surface area contributed by atoms with Crippen LogP contribution in [0.15, 0.2) is 12.3 Å². The van der Waals surface area contributed by atoms with Gasteiger partial charge in [0.25, 0.3) is 0 Å². The number of aliphatic carboxylic acids is 2. The molecule has 1 aromatic heterocycles. The van der Waals surface area contributed by atoms with Gasteiger partial charge in [0.05, 0.1) is 6.42 Å². The molecule has 21 heavy (non-hydrogen) atoms. The summed E-state index contributed by atoms with van der Waals surface area (Å²) in [5, 5.41) is 22.2. The zero-order valence-corrected chi connectivity index (χ0v) is 10.3. The average molecular weight is 309 g/mol. The quantitative estimate of drug-likeness (QED) is 0.677. The molecule has 0 aliphatic carbocycles. The average Bonchev–Trinajstić information content (AvgIpc) is 2.75. The molecule has 1 atom stereocenters. The lowest BCUT2D eigenvalue weighted by Crippen LogP contribution is -2.43. The van der Waals surface area contributed by atoms with E-state index >= 15 is 0 Å². The number of halogens is 3. The Balaban J connectivity index is 2.66. The SMILES string of the molecule is O=C(O)C[C@@H](NC(=O)Cn1ccc(C(F)(F)F)n1)C(=O)O. The molecule has 0 unspecified atom stereocenters. The second-order valence-electron chi connectivity index (χ2n) is 3.95. The third-order valence-electron chi connectivity index (χ3n) is 2.25. The van der Waals surface area contributed by atoms with Gasteiger partial charge >= 0.3 is 18.1 Å². The number of carboxylic acid groups (broad SMARTS) is 2. The number of aromatic nitrogens is 2. The van der Waals surface area contributed by atoms with Gasteiger partial charge in [-0.15, -0.1) is 0 Å². The van der Waals surface area contributed by atoms with Crippen LogP contribution < -0.4 is 5.32 Å². The van der Waals surface area contributed by atoms with E-state index in [0.29, 0.717) is 10.7 Å². The van der Waals surface area contributed by atoms with Gasteiger partial charge < -0.3 is 15.5 Å². The summed E-state index contributed by atoms with van der Waals surface area (Å²) in [6.07, 6.45) is -4.61. The highest BCUT2D eigenvalue weighted by Gasteiger charge is 2.33. The Hall–Kier alpha value is -2.59. The number of carboxylic acids is 2. The molecule has 3 N–H and O–H groups in total. The van der Waals surface area contributed by atoms with Crippen molar-refractivity contribution in [2.45, 2.75) is 25.2 Å². The monoisotopic (exact) mass is 309 g/mol. The van der Waals surface area contributed by atoms with Crippen LogP contribution in [0.3, 0.4) is 0 Å². The van der Waals surface area contributed by atoms with Crippen LogP contribution in [-0.2, 0) is 27.1 Å². The minimum Gasteiger partial charge on any atom is -0.481 e. The number of hydrogen-bond acceptors (Lipinski definition) is 4. The van der Waals surface area contributed by atoms with Gasteiger partial charge in [0.1, 0.15) is 12.6 Å². The number of carbonyl (C=O) groups is 3. The molecule has 1 aromatic rings. The van der Waals surface area contributed by atoms with Gasteiger partial charge in [-0.25, -0.2) is 4.79 Å². The highest BCUT2D eigenvalue weighted by molar-refractivity contribution is 5.86. The molecule has 0 aliphatic heterocycles. The van der Waals surface area contributed by atoms with Gasteiger partial charge in [-0.1, -0.05) is 0 Å². The Kier molecular flexibility index (Phi) is 4.89. The van der Waals surface area contributed by atoms with Crippen LogP contribution in [0.2, 0.25) is 0 Å².